The van der Waals surface area contributed by atoms with Crippen LogP contribution in [0.1, 0.15) is 13.8 Å². The van der Waals surface area contributed by atoms with Gasteiger partial charge in [0.1, 0.15) is 4.32 Å². The van der Waals surface area contributed by atoms with E-state index < -0.39 is 0 Å². The number of thiocarbonyl (C=S) groups is 1. The Morgan fingerprint density at radius 2 is 2.18 bits per heavy atom. The summed E-state index contributed by atoms with van der Waals surface area (Å²) in [5.41, 5.74) is 0. The third-order valence-corrected chi connectivity index (χ3v) is 2.00. The fourth-order valence-electron chi connectivity index (χ4n) is 0.780. The predicted octanol–water partition coefficient (Wildman–Crippen LogP) is 1.13. The van der Waals surface area contributed by atoms with Gasteiger partial charge in [0.05, 0.1) is 0 Å². The third-order valence-electron chi connectivity index (χ3n) is 1.46. The summed E-state index contributed by atoms with van der Waals surface area (Å²) in [6, 6.07) is 0. The average Bonchev–Trinajstić information content (AvgIpc) is 1.97. The fraction of sp³-hybridized carbons (Fsp3) is 0.857. The van der Waals surface area contributed by atoms with E-state index in [2.05, 4.69) is 36.7 Å². The third kappa shape index (κ3) is 5.47. The van der Waals surface area contributed by atoms with Crippen molar-refractivity contribution in [2.75, 3.05) is 26.2 Å². The van der Waals surface area contributed by atoms with Crippen LogP contribution in [-0.2, 0) is 0 Å². The van der Waals surface area contributed by atoms with Gasteiger partial charge in [-0.15, -0.1) is 12.6 Å². The van der Waals surface area contributed by atoms with Crippen LogP contribution in [0.2, 0.25) is 0 Å². The molecule has 0 aliphatic rings. The summed E-state index contributed by atoms with van der Waals surface area (Å²) in [6.07, 6.45) is 0. The van der Waals surface area contributed by atoms with Crippen molar-refractivity contribution in [2.24, 2.45) is 0 Å². The van der Waals surface area contributed by atoms with Crippen molar-refractivity contribution in [2.45, 2.75) is 13.8 Å². The van der Waals surface area contributed by atoms with Crippen LogP contribution in [0.5, 0.6) is 0 Å². The Hall–Kier alpha value is 0.200. The Bertz CT molecular complexity index is 117. The first kappa shape index (κ1) is 11.2. The monoisotopic (exact) mass is 192 g/mol. The maximum Gasteiger partial charge on any atom is 0.133 e. The summed E-state index contributed by atoms with van der Waals surface area (Å²) in [4.78, 5) is 2.06. The Balaban J connectivity index is 3.44. The maximum atomic E-state index is 4.93. The molecule has 0 rings (SSSR count). The molecule has 0 aliphatic carbocycles. The second-order valence-electron chi connectivity index (χ2n) is 2.22. The average molecular weight is 192 g/mol. The van der Waals surface area contributed by atoms with Crippen LogP contribution in [0, 0.1) is 0 Å². The summed E-state index contributed by atoms with van der Waals surface area (Å²) in [7, 11) is 0. The summed E-state index contributed by atoms with van der Waals surface area (Å²) >= 11 is 9.03. The Morgan fingerprint density at radius 3 is 2.55 bits per heavy atom. The van der Waals surface area contributed by atoms with E-state index in [9.17, 15) is 0 Å². The molecule has 0 aromatic carbocycles. The van der Waals surface area contributed by atoms with Crippen molar-refractivity contribution in [1.82, 2.24) is 10.2 Å². The Kier molecular flexibility index (Phi) is 7.01. The van der Waals surface area contributed by atoms with Gasteiger partial charge in [0, 0.05) is 19.6 Å². The lowest BCUT2D eigenvalue weighted by atomic mass is 10.5. The molecule has 0 aliphatic heterocycles. The van der Waals surface area contributed by atoms with Crippen molar-refractivity contribution < 1.29 is 0 Å². The molecule has 4 heteroatoms. The maximum absolute atomic E-state index is 4.93. The molecule has 0 unspecified atom stereocenters. The summed E-state index contributed by atoms with van der Waals surface area (Å²) in [5, 5.41) is 3.23. The minimum atomic E-state index is 0.686. The van der Waals surface area contributed by atoms with Gasteiger partial charge in [0.2, 0.25) is 0 Å². The van der Waals surface area contributed by atoms with Crippen molar-refractivity contribution in [3.8, 4) is 0 Å². The fourth-order valence-corrected chi connectivity index (χ4v) is 1.24. The first-order chi connectivity index (χ1) is 5.22. The standard InChI is InChI=1S/C7H16N2S2/c1-3-8-5-6-9(4-2)7(10)11/h8H,3-6H2,1-2H3,(H,10,11). The SMILES string of the molecule is CCNCCN(CC)C(=S)S. The molecule has 1 N–H and O–H groups in total. The molecule has 0 spiro atoms. The largest absolute Gasteiger partial charge is 0.357 e. The highest BCUT2D eigenvalue weighted by molar-refractivity contribution is 8.10. The minimum absolute atomic E-state index is 0.686. The van der Waals surface area contributed by atoms with E-state index in [0.29, 0.717) is 4.32 Å². The van der Waals surface area contributed by atoms with Crippen molar-refractivity contribution in [3.63, 3.8) is 0 Å². The molecular formula is C7H16N2S2. The van der Waals surface area contributed by atoms with Crippen LogP contribution < -0.4 is 5.32 Å². The van der Waals surface area contributed by atoms with Crippen LogP contribution >= 0.6 is 24.8 Å². The molecule has 0 amide bonds. The molecule has 0 aromatic rings. The Labute approximate surface area is 79.8 Å². The second kappa shape index (κ2) is 6.88. The zero-order valence-corrected chi connectivity index (χ0v) is 8.84. The van der Waals surface area contributed by atoms with Gasteiger partial charge < -0.3 is 10.2 Å². The lowest BCUT2D eigenvalue weighted by Crippen LogP contribution is -2.33. The van der Waals surface area contributed by atoms with E-state index in [1.54, 1.807) is 0 Å². The van der Waals surface area contributed by atoms with Crippen LogP contribution in [0.3, 0.4) is 0 Å². The second-order valence-corrected chi connectivity index (χ2v) is 3.33. The van der Waals surface area contributed by atoms with Gasteiger partial charge in [-0.1, -0.05) is 19.1 Å². The van der Waals surface area contributed by atoms with Gasteiger partial charge in [-0.2, -0.15) is 0 Å². The van der Waals surface area contributed by atoms with E-state index in [1.165, 1.54) is 0 Å². The molecule has 0 fully saturated rings. The molecule has 0 bridgehead atoms. The van der Waals surface area contributed by atoms with Gasteiger partial charge in [0.15, 0.2) is 0 Å². The van der Waals surface area contributed by atoms with E-state index in [0.717, 1.165) is 26.2 Å². The van der Waals surface area contributed by atoms with E-state index >= 15 is 0 Å². The van der Waals surface area contributed by atoms with E-state index in [-0.39, 0.29) is 0 Å². The number of rotatable bonds is 5. The molecule has 0 saturated carbocycles. The van der Waals surface area contributed by atoms with Crippen LogP contribution in [0.25, 0.3) is 0 Å². The number of nitrogens with zero attached hydrogens (tertiary/aromatic N) is 1. The molecule has 0 radical (unpaired) electrons. The lowest BCUT2D eigenvalue weighted by Gasteiger charge is -2.20. The molecule has 11 heavy (non-hydrogen) atoms. The summed E-state index contributed by atoms with van der Waals surface area (Å²) < 4.78 is 0.686. The highest BCUT2D eigenvalue weighted by Gasteiger charge is 2.00. The van der Waals surface area contributed by atoms with Crippen molar-refractivity contribution in [1.29, 1.82) is 0 Å². The zero-order valence-electron chi connectivity index (χ0n) is 7.13. The highest BCUT2D eigenvalue weighted by atomic mass is 32.1. The van der Waals surface area contributed by atoms with Gasteiger partial charge in [-0.05, 0) is 13.5 Å². The first-order valence-corrected chi connectivity index (χ1v) is 4.76. The normalized spacial score (nSPS) is 9.73. The molecule has 2 nitrogen and oxygen atoms in total. The predicted molar refractivity (Wildman–Crippen MR) is 57.4 cm³/mol. The van der Waals surface area contributed by atoms with Gasteiger partial charge >= 0.3 is 0 Å². The molecule has 0 atom stereocenters. The Morgan fingerprint density at radius 1 is 1.55 bits per heavy atom. The number of nitrogens with one attached hydrogen (secondary N) is 1. The first-order valence-electron chi connectivity index (χ1n) is 3.91. The van der Waals surface area contributed by atoms with Crippen LogP contribution in [-0.4, -0.2) is 35.4 Å². The molecule has 0 saturated heterocycles. The number of likely N-dealkylation sites (N-methyl/N-ethyl adjacent to an activating group) is 2. The van der Waals surface area contributed by atoms with Gasteiger partial charge in [-0.3, -0.25) is 0 Å². The smallest absolute Gasteiger partial charge is 0.133 e. The van der Waals surface area contributed by atoms with Crippen molar-refractivity contribution >= 4 is 29.2 Å². The molecule has 0 heterocycles. The molecular weight excluding hydrogens is 176 g/mol. The van der Waals surface area contributed by atoms with Crippen molar-refractivity contribution in [3.05, 3.63) is 0 Å². The number of thiol groups is 1. The zero-order chi connectivity index (χ0) is 8.69. The number of hydrogen-bond acceptors (Lipinski definition) is 2. The number of hydrogen-bond donors (Lipinski definition) is 2. The summed E-state index contributed by atoms with van der Waals surface area (Å²) in [6.45, 7) is 8.05. The minimum Gasteiger partial charge on any atom is -0.357 e. The van der Waals surface area contributed by atoms with Crippen LogP contribution in [0.15, 0.2) is 0 Å². The quantitative estimate of drug-likeness (QED) is 0.386. The molecule has 0 aromatic heterocycles. The van der Waals surface area contributed by atoms with E-state index in [1.807, 2.05) is 0 Å². The molecule has 66 valence electrons. The van der Waals surface area contributed by atoms with Gasteiger partial charge in [-0.25, -0.2) is 0 Å². The summed E-state index contributed by atoms with van der Waals surface area (Å²) in [5.74, 6) is 0. The topological polar surface area (TPSA) is 15.3 Å². The van der Waals surface area contributed by atoms with E-state index in [4.69, 9.17) is 12.2 Å². The lowest BCUT2D eigenvalue weighted by molar-refractivity contribution is 0.446. The van der Waals surface area contributed by atoms with Gasteiger partial charge in [0.25, 0.3) is 0 Å². The van der Waals surface area contributed by atoms with Crippen LogP contribution in [0.4, 0.5) is 0 Å². The highest BCUT2D eigenvalue weighted by Crippen LogP contribution is 1.94.